The van der Waals surface area contributed by atoms with Crippen molar-refractivity contribution in [3.05, 3.63) is 29.3 Å². The largest absolute Gasteiger partial charge is 0.444 e. The normalized spacial score (nSPS) is 30.3. The van der Waals surface area contributed by atoms with Gasteiger partial charge in [-0.25, -0.2) is 4.79 Å². The average molecular weight is 483 g/mol. The first kappa shape index (κ1) is 24.9. The number of carbonyl (C=O) groups is 1. The minimum Gasteiger partial charge on any atom is -0.444 e. The molecule has 6 heteroatoms. The summed E-state index contributed by atoms with van der Waals surface area (Å²) in [5, 5.41) is 3.08. The summed E-state index contributed by atoms with van der Waals surface area (Å²) in [6.45, 7) is 14.0. The first-order valence-electron chi connectivity index (χ1n) is 14.1. The maximum Gasteiger partial charge on any atom is 0.407 e. The van der Waals surface area contributed by atoms with E-state index in [1.165, 1.54) is 50.1 Å². The Balaban J connectivity index is 1.11. The van der Waals surface area contributed by atoms with Crippen molar-refractivity contribution in [2.24, 2.45) is 0 Å². The zero-order chi connectivity index (χ0) is 24.6. The van der Waals surface area contributed by atoms with E-state index in [-0.39, 0.29) is 12.1 Å². The highest BCUT2D eigenvalue weighted by Crippen LogP contribution is 2.33. The summed E-state index contributed by atoms with van der Waals surface area (Å²) in [5.74, 6) is 0. The number of nitrogens with one attached hydrogen (secondary N) is 1. The molecule has 0 bridgehead atoms. The van der Waals surface area contributed by atoms with E-state index in [1.54, 1.807) is 5.56 Å². The first-order chi connectivity index (χ1) is 16.7. The summed E-state index contributed by atoms with van der Waals surface area (Å²) >= 11 is 0. The Kier molecular flexibility index (Phi) is 7.32. The molecule has 2 atom stereocenters. The molecule has 35 heavy (non-hydrogen) atoms. The van der Waals surface area contributed by atoms with Crippen molar-refractivity contribution in [1.82, 2.24) is 15.1 Å². The Labute approximate surface area is 212 Å². The van der Waals surface area contributed by atoms with Crippen LogP contribution in [0.4, 0.5) is 10.5 Å². The molecule has 3 aliphatic heterocycles. The summed E-state index contributed by atoms with van der Waals surface area (Å²) in [7, 11) is 0. The van der Waals surface area contributed by atoms with Crippen LogP contribution in [0.1, 0.15) is 83.8 Å². The third-order valence-corrected chi connectivity index (χ3v) is 8.77. The number of rotatable bonds is 4. The third-order valence-electron chi connectivity index (χ3n) is 8.77. The van der Waals surface area contributed by atoms with E-state index < -0.39 is 5.60 Å². The summed E-state index contributed by atoms with van der Waals surface area (Å²) in [6.07, 6.45) is 9.30. The number of fused-ring (bicyclic) bond motifs is 1. The standard InChI is InChI=1S/C29H46N4O2/c1-21-6-5-15-33(21)27-14-17-32(20-27)26-10-7-23-19-31(16-13-22(23)18-26)25-11-8-24(9-12-25)30-28(34)35-29(2,3)4/h7,10,18,21,24-25,27H,5-6,8-9,11-17,19-20H2,1-4H3,(H,30,34)/t21-,24?,25?,27-/m0/s1. The van der Waals surface area contributed by atoms with Gasteiger partial charge in [0.15, 0.2) is 0 Å². The van der Waals surface area contributed by atoms with Crippen molar-refractivity contribution >= 4 is 11.8 Å². The van der Waals surface area contributed by atoms with Crippen molar-refractivity contribution in [2.45, 2.75) is 115 Å². The predicted octanol–water partition coefficient (Wildman–Crippen LogP) is 4.94. The van der Waals surface area contributed by atoms with Crippen molar-refractivity contribution in [3.8, 4) is 0 Å². The number of hydrogen-bond acceptors (Lipinski definition) is 5. The van der Waals surface area contributed by atoms with E-state index in [0.29, 0.717) is 6.04 Å². The molecular weight excluding hydrogens is 436 g/mol. The molecule has 194 valence electrons. The van der Waals surface area contributed by atoms with E-state index >= 15 is 0 Å². The molecule has 0 spiro atoms. The van der Waals surface area contributed by atoms with Gasteiger partial charge in [0.2, 0.25) is 0 Å². The van der Waals surface area contributed by atoms with Gasteiger partial charge in [-0.3, -0.25) is 9.80 Å². The van der Waals surface area contributed by atoms with Crippen molar-refractivity contribution in [2.75, 3.05) is 31.1 Å². The molecule has 1 amide bonds. The average Bonchev–Trinajstić information content (AvgIpc) is 3.46. The van der Waals surface area contributed by atoms with Crippen LogP contribution in [0.3, 0.4) is 0 Å². The van der Waals surface area contributed by atoms with Crippen LogP contribution in [-0.2, 0) is 17.7 Å². The van der Waals surface area contributed by atoms with Gasteiger partial charge in [0, 0.05) is 56.0 Å². The number of likely N-dealkylation sites (tertiary alicyclic amines) is 1. The smallest absolute Gasteiger partial charge is 0.407 e. The number of alkyl carbamates (subject to hydrolysis) is 1. The SMILES string of the molecule is C[C@H]1CCCN1[C@H]1CCN(c2ccc3c(c2)CCN(C2CCC(NC(=O)OC(C)(C)C)CC2)C3)C1. The molecule has 4 aliphatic rings. The van der Waals surface area contributed by atoms with Crippen LogP contribution < -0.4 is 10.2 Å². The van der Waals surface area contributed by atoms with E-state index in [0.717, 1.165) is 57.3 Å². The molecule has 1 N–H and O–H groups in total. The fraction of sp³-hybridized carbons (Fsp3) is 0.759. The van der Waals surface area contributed by atoms with E-state index in [4.69, 9.17) is 4.74 Å². The molecule has 3 fully saturated rings. The second kappa shape index (κ2) is 10.3. The third kappa shape index (κ3) is 5.96. The second-order valence-corrected chi connectivity index (χ2v) is 12.4. The van der Waals surface area contributed by atoms with Crippen LogP contribution in [0, 0.1) is 0 Å². The lowest BCUT2D eigenvalue weighted by molar-refractivity contribution is 0.0473. The van der Waals surface area contributed by atoms with Crippen LogP contribution in [-0.4, -0.2) is 71.8 Å². The summed E-state index contributed by atoms with van der Waals surface area (Å²) in [5.41, 5.74) is 4.06. The molecule has 0 radical (unpaired) electrons. The Morgan fingerprint density at radius 2 is 1.77 bits per heavy atom. The Bertz CT molecular complexity index is 889. The van der Waals surface area contributed by atoms with Gasteiger partial charge in [0.25, 0.3) is 0 Å². The zero-order valence-electron chi connectivity index (χ0n) is 22.4. The monoisotopic (exact) mass is 482 g/mol. The van der Waals surface area contributed by atoms with Crippen LogP contribution in [0.15, 0.2) is 18.2 Å². The highest BCUT2D eigenvalue weighted by molar-refractivity contribution is 5.68. The van der Waals surface area contributed by atoms with Crippen LogP contribution in [0.5, 0.6) is 0 Å². The van der Waals surface area contributed by atoms with E-state index in [2.05, 4.69) is 45.1 Å². The molecule has 1 saturated carbocycles. The number of benzene rings is 1. The molecule has 0 unspecified atom stereocenters. The van der Waals surface area contributed by atoms with E-state index in [9.17, 15) is 4.79 Å². The van der Waals surface area contributed by atoms with Gasteiger partial charge in [-0.1, -0.05) is 6.07 Å². The predicted molar refractivity (Wildman–Crippen MR) is 142 cm³/mol. The number of hydrogen-bond donors (Lipinski definition) is 1. The highest BCUT2D eigenvalue weighted by Gasteiger charge is 2.34. The van der Waals surface area contributed by atoms with Crippen molar-refractivity contribution < 1.29 is 9.53 Å². The van der Waals surface area contributed by atoms with Gasteiger partial charge in [0.05, 0.1) is 0 Å². The van der Waals surface area contributed by atoms with Gasteiger partial charge in [0.1, 0.15) is 5.60 Å². The second-order valence-electron chi connectivity index (χ2n) is 12.4. The summed E-state index contributed by atoms with van der Waals surface area (Å²) in [6, 6.07) is 9.63. The maximum atomic E-state index is 12.1. The van der Waals surface area contributed by atoms with Crippen molar-refractivity contribution in [1.29, 1.82) is 0 Å². The lowest BCUT2D eigenvalue weighted by Gasteiger charge is -2.40. The molecule has 1 aliphatic carbocycles. The molecule has 6 nitrogen and oxygen atoms in total. The zero-order valence-corrected chi connectivity index (χ0v) is 22.4. The van der Waals surface area contributed by atoms with Gasteiger partial charge in [-0.2, -0.15) is 0 Å². The quantitative estimate of drug-likeness (QED) is 0.658. The topological polar surface area (TPSA) is 48.0 Å². The van der Waals surface area contributed by atoms with Gasteiger partial charge >= 0.3 is 6.09 Å². The molecule has 5 rings (SSSR count). The van der Waals surface area contributed by atoms with Gasteiger partial charge in [-0.05, 0) is 109 Å². The van der Waals surface area contributed by atoms with Crippen LogP contribution >= 0.6 is 0 Å². The molecule has 3 heterocycles. The number of anilines is 1. The molecule has 1 aromatic rings. The van der Waals surface area contributed by atoms with Crippen molar-refractivity contribution in [3.63, 3.8) is 0 Å². The lowest BCUT2D eigenvalue weighted by Crippen LogP contribution is -2.46. The Morgan fingerprint density at radius 3 is 2.49 bits per heavy atom. The highest BCUT2D eigenvalue weighted by atomic mass is 16.6. The van der Waals surface area contributed by atoms with Gasteiger partial charge in [-0.15, -0.1) is 0 Å². The van der Waals surface area contributed by atoms with Crippen LogP contribution in [0.2, 0.25) is 0 Å². The van der Waals surface area contributed by atoms with E-state index in [1.807, 2.05) is 20.8 Å². The molecule has 1 aromatic carbocycles. The first-order valence-corrected chi connectivity index (χ1v) is 14.1. The lowest BCUT2D eigenvalue weighted by atomic mass is 9.88. The number of amides is 1. The fourth-order valence-corrected chi connectivity index (χ4v) is 6.87. The van der Waals surface area contributed by atoms with Crippen LogP contribution in [0.25, 0.3) is 0 Å². The summed E-state index contributed by atoms with van der Waals surface area (Å²) < 4.78 is 5.44. The number of carbonyl (C=O) groups excluding carboxylic acids is 1. The molecular formula is C29H46N4O2. The minimum atomic E-state index is -0.439. The minimum absolute atomic E-state index is 0.244. The molecule has 0 aromatic heterocycles. The Hall–Kier alpha value is -1.79. The number of ether oxygens (including phenoxy) is 1. The fourth-order valence-electron chi connectivity index (χ4n) is 6.87. The maximum absolute atomic E-state index is 12.1. The summed E-state index contributed by atoms with van der Waals surface area (Å²) in [4.78, 5) is 20.2. The number of nitrogens with zero attached hydrogens (tertiary/aromatic N) is 3. The van der Waals surface area contributed by atoms with Gasteiger partial charge < -0.3 is 15.0 Å². The Morgan fingerprint density at radius 1 is 0.971 bits per heavy atom. The molecule has 2 saturated heterocycles.